The Morgan fingerprint density at radius 1 is 1.39 bits per heavy atom. The zero-order valence-electron chi connectivity index (χ0n) is 10.4. The van der Waals surface area contributed by atoms with Crippen LogP contribution < -0.4 is 10.6 Å². The Morgan fingerprint density at radius 3 is 2.56 bits per heavy atom. The Kier molecular flexibility index (Phi) is 6.32. The molecular formula is C12H17ClN2O2S. The van der Waals surface area contributed by atoms with Crippen LogP contribution in [0.4, 0.5) is 5.69 Å². The average Bonchev–Trinajstić information content (AvgIpc) is 2.29. The third-order valence-corrected chi connectivity index (χ3v) is 3.45. The van der Waals surface area contributed by atoms with E-state index in [1.165, 1.54) is 0 Å². The molecule has 2 unspecified atom stereocenters. The SMILES string of the molecule is CC(CS(C)=O)NCC(=O)Nc1ccc(Cl)cc1. The highest BCUT2D eigenvalue weighted by atomic mass is 35.5. The van der Waals surface area contributed by atoms with E-state index in [1.807, 2.05) is 6.92 Å². The number of halogens is 1. The molecule has 1 aromatic rings. The maximum atomic E-state index is 11.6. The molecule has 100 valence electrons. The Bertz CT molecular complexity index is 423. The highest BCUT2D eigenvalue weighted by Gasteiger charge is 2.07. The van der Waals surface area contributed by atoms with Gasteiger partial charge in [0.1, 0.15) is 0 Å². The summed E-state index contributed by atoms with van der Waals surface area (Å²) in [6, 6.07) is 6.96. The molecule has 0 aromatic heterocycles. The van der Waals surface area contributed by atoms with Crippen LogP contribution in [0.2, 0.25) is 5.02 Å². The lowest BCUT2D eigenvalue weighted by molar-refractivity contribution is -0.115. The second kappa shape index (κ2) is 7.51. The summed E-state index contributed by atoms with van der Waals surface area (Å²) < 4.78 is 11.0. The minimum atomic E-state index is -0.860. The number of amides is 1. The van der Waals surface area contributed by atoms with Gasteiger partial charge in [-0.05, 0) is 31.2 Å². The zero-order chi connectivity index (χ0) is 13.5. The van der Waals surface area contributed by atoms with Crippen molar-refractivity contribution in [3.63, 3.8) is 0 Å². The molecule has 1 aromatic carbocycles. The minimum absolute atomic E-state index is 0.0480. The summed E-state index contributed by atoms with van der Waals surface area (Å²) in [5.74, 6) is 0.403. The molecular weight excluding hydrogens is 272 g/mol. The first-order chi connectivity index (χ1) is 8.47. The van der Waals surface area contributed by atoms with Crippen molar-refractivity contribution in [2.24, 2.45) is 0 Å². The van der Waals surface area contributed by atoms with E-state index in [1.54, 1.807) is 30.5 Å². The van der Waals surface area contributed by atoms with Crippen LogP contribution in [0.25, 0.3) is 0 Å². The van der Waals surface area contributed by atoms with Gasteiger partial charge in [-0.2, -0.15) is 0 Å². The molecule has 0 spiro atoms. The number of hydrogen-bond acceptors (Lipinski definition) is 3. The number of carbonyl (C=O) groups excluding carboxylic acids is 1. The molecule has 0 aliphatic carbocycles. The Hall–Kier alpha value is -0.910. The lowest BCUT2D eigenvalue weighted by Crippen LogP contribution is -2.37. The van der Waals surface area contributed by atoms with Crippen molar-refractivity contribution < 1.29 is 9.00 Å². The predicted octanol–water partition coefficient (Wildman–Crippen LogP) is 1.64. The molecule has 0 heterocycles. The Morgan fingerprint density at radius 2 is 2.00 bits per heavy atom. The first-order valence-electron chi connectivity index (χ1n) is 5.56. The van der Waals surface area contributed by atoms with Crippen molar-refractivity contribution in [3.05, 3.63) is 29.3 Å². The molecule has 1 amide bonds. The topological polar surface area (TPSA) is 58.2 Å². The third kappa shape index (κ3) is 6.14. The van der Waals surface area contributed by atoms with E-state index >= 15 is 0 Å². The summed E-state index contributed by atoms with van der Waals surface area (Å²) >= 11 is 5.75. The van der Waals surface area contributed by atoms with Crippen LogP contribution in [0.5, 0.6) is 0 Å². The van der Waals surface area contributed by atoms with Gasteiger partial charge >= 0.3 is 0 Å². The molecule has 0 bridgehead atoms. The van der Waals surface area contributed by atoms with Gasteiger partial charge in [-0.1, -0.05) is 11.6 Å². The van der Waals surface area contributed by atoms with Crippen molar-refractivity contribution in [3.8, 4) is 0 Å². The minimum Gasteiger partial charge on any atom is -0.325 e. The van der Waals surface area contributed by atoms with E-state index in [4.69, 9.17) is 11.6 Å². The van der Waals surface area contributed by atoms with Gasteiger partial charge in [0.15, 0.2) is 0 Å². The van der Waals surface area contributed by atoms with Crippen LogP contribution in [-0.4, -0.2) is 34.7 Å². The number of nitrogens with one attached hydrogen (secondary N) is 2. The fourth-order valence-electron chi connectivity index (χ4n) is 1.42. The molecule has 0 aliphatic rings. The van der Waals surface area contributed by atoms with Crippen LogP contribution >= 0.6 is 11.6 Å². The maximum absolute atomic E-state index is 11.6. The largest absolute Gasteiger partial charge is 0.325 e. The first kappa shape index (κ1) is 15.1. The summed E-state index contributed by atoms with van der Waals surface area (Å²) in [4.78, 5) is 11.6. The normalized spacial score (nSPS) is 13.9. The van der Waals surface area contributed by atoms with E-state index in [0.29, 0.717) is 16.5 Å². The lowest BCUT2D eigenvalue weighted by Gasteiger charge is -2.12. The molecule has 2 atom stereocenters. The standard InChI is InChI=1S/C12H17ClN2O2S/c1-9(8-18(2)17)14-7-12(16)15-11-5-3-10(13)4-6-11/h3-6,9,14H,7-8H2,1-2H3,(H,15,16). The highest BCUT2D eigenvalue weighted by Crippen LogP contribution is 2.12. The quantitative estimate of drug-likeness (QED) is 0.837. The van der Waals surface area contributed by atoms with E-state index in [2.05, 4.69) is 10.6 Å². The molecule has 6 heteroatoms. The van der Waals surface area contributed by atoms with Crippen molar-refractivity contribution in [1.29, 1.82) is 0 Å². The number of benzene rings is 1. The van der Waals surface area contributed by atoms with Gasteiger partial charge in [0.05, 0.1) is 6.54 Å². The van der Waals surface area contributed by atoms with Gasteiger partial charge in [-0.25, -0.2) is 0 Å². The highest BCUT2D eigenvalue weighted by molar-refractivity contribution is 7.84. The van der Waals surface area contributed by atoms with E-state index < -0.39 is 10.8 Å². The van der Waals surface area contributed by atoms with Crippen LogP contribution in [-0.2, 0) is 15.6 Å². The van der Waals surface area contributed by atoms with Crippen LogP contribution in [0, 0.1) is 0 Å². The monoisotopic (exact) mass is 288 g/mol. The summed E-state index contributed by atoms with van der Waals surface area (Å²) in [6.45, 7) is 2.10. The summed E-state index contributed by atoms with van der Waals surface area (Å²) in [5, 5.41) is 6.39. The lowest BCUT2D eigenvalue weighted by atomic mass is 10.3. The van der Waals surface area contributed by atoms with Gasteiger partial charge in [0.25, 0.3) is 0 Å². The van der Waals surface area contributed by atoms with Crippen molar-refractivity contribution in [2.45, 2.75) is 13.0 Å². The molecule has 0 saturated heterocycles. The average molecular weight is 289 g/mol. The predicted molar refractivity (Wildman–Crippen MR) is 76.5 cm³/mol. The summed E-state index contributed by atoms with van der Waals surface area (Å²) in [6.07, 6.45) is 1.64. The van der Waals surface area contributed by atoms with E-state index in [0.717, 1.165) is 0 Å². The molecule has 4 nitrogen and oxygen atoms in total. The maximum Gasteiger partial charge on any atom is 0.238 e. The Labute approximate surface area is 115 Å². The van der Waals surface area contributed by atoms with Crippen LogP contribution in [0.1, 0.15) is 6.92 Å². The van der Waals surface area contributed by atoms with E-state index in [9.17, 15) is 9.00 Å². The first-order valence-corrected chi connectivity index (χ1v) is 7.66. The number of hydrogen-bond donors (Lipinski definition) is 2. The van der Waals surface area contributed by atoms with Gasteiger partial charge in [-0.15, -0.1) is 0 Å². The smallest absolute Gasteiger partial charge is 0.238 e. The van der Waals surface area contributed by atoms with Gasteiger partial charge in [0, 0.05) is 39.6 Å². The molecule has 0 fully saturated rings. The van der Waals surface area contributed by atoms with Crippen LogP contribution in [0.15, 0.2) is 24.3 Å². The van der Waals surface area contributed by atoms with Gasteiger partial charge < -0.3 is 10.6 Å². The van der Waals surface area contributed by atoms with Crippen molar-refractivity contribution >= 4 is 34.0 Å². The zero-order valence-corrected chi connectivity index (χ0v) is 12.0. The molecule has 0 saturated carbocycles. The van der Waals surface area contributed by atoms with E-state index in [-0.39, 0.29) is 18.5 Å². The number of rotatable bonds is 6. The molecule has 0 aliphatic heterocycles. The Balaban J connectivity index is 2.33. The molecule has 2 N–H and O–H groups in total. The van der Waals surface area contributed by atoms with Crippen molar-refractivity contribution in [2.75, 3.05) is 23.9 Å². The van der Waals surface area contributed by atoms with Gasteiger partial charge in [-0.3, -0.25) is 9.00 Å². The van der Waals surface area contributed by atoms with Crippen LogP contribution in [0.3, 0.4) is 0 Å². The summed E-state index contributed by atoms with van der Waals surface area (Å²) in [5.41, 5.74) is 0.706. The molecule has 1 rings (SSSR count). The fraction of sp³-hybridized carbons (Fsp3) is 0.417. The fourth-order valence-corrected chi connectivity index (χ4v) is 2.36. The molecule has 0 radical (unpaired) electrons. The van der Waals surface area contributed by atoms with Gasteiger partial charge in [0.2, 0.25) is 5.91 Å². The third-order valence-electron chi connectivity index (χ3n) is 2.22. The van der Waals surface area contributed by atoms with Crippen molar-refractivity contribution in [1.82, 2.24) is 5.32 Å². The summed E-state index contributed by atoms with van der Waals surface area (Å²) in [7, 11) is -0.860. The number of carbonyl (C=O) groups is 1. The second-order valence-corrected chi connectivity index (χ2v) is 5.99. The number of anilines is 1. The second-order valence-electron chi connectivity index (χ2n) is 4.08. The molecule has 18 heavy (non-hydrogen) atoms.